The second-order valence-corrected chi connectivity index (χ2v) is 9.59. The molecule has 30 heavy (non-hydrogen) atoms. The first-order valence-corrected chi connectivity index (χ1v) is 11.6. The summed E-state index contributed by atoms with van der Waals surface area (Å²) < 4.78 is 23.5. The Morgan fingerprint density at radius 3 is 2.37 bits per heavy atom. The second-order valence-electron chi connectivity index (χ2n) is 8.03. The van der Waals surface area contributed by atoms with Crippen LogP contribution in [0.25, 0.3) is 11.1 Å². The van der Waals surface area contributed by atoms with Crippen LogP contribution in [-0.2, 0) is 34.1 Å². The smallest absolute Gasteiger partial charge is 0.238 e. The Hall–Kier alpha value is -2.96. The normalized spacial score (nSPS) is 17.6. The van der Waals surface area contributed by atoms with Gasteiger partial charge in [-0.1, -0.05) is 54.6 Å². The predicted octanol–water partition coefficient (Wildman–Crippen LogP) is 3.31. The summed E-state index contributed by atoms with van der Waals surface area (Å²) in [4.78, 5) is 15.1. The number of benzene rings is 3. The molecule has 1 heterocycles. The van der Waals surface area contributed by atoms with Crippen molar-refractivity contribution in [1.82, 2.24) is 0 Å². The molecule has 6 heteroatoms. The Balaban J connectivity index is 1.40. The standard InChI is InChI=1S/C24H22N2O3S/c25-30(28,29)22-9-8-17-10-11-26(23(17)15-22)24(27)21-13-19-7-6-18(12-20(19)14-21)16-4-2-1-3-5-16/h1-9,12,15,21H,10-11,13-14H2,(H2,25,28,29). The maximum atomic E-state index is 13.3. The highest BCUT2D eigenvalue weighted by Crippen LogP contribution is 2.36. The van der Waals surface area contributed by atoms with Gasteiger partial charge in [0.05, 0.1) is 4.90 Å². The van der Waals surface area contributed by atoms with Gasteiger partial charge in [-0.05, 0) is 59.2 Å². The number of primary sulfonamides is 1. The Morgan fingerprint density at radius 1 is 0.867 bits per heavy atom. The number of nitrogens with zero attached hydrogens (tertiary/aromatic N) is 1. The minimum absolute atomic E-state index is 0.0446. The fourth-order valence-corrected chi connectivity index (χ4v) is 5.12. The zero-order valence-corrected chi connectivity index (χ0v) is 17.2. The van der Waals surface area contributed by atoms with Crippen molar-refractivity contribution in [1.29, 1.82) is 0 Å². The van der Waals surface area contributed by atoms with E-state index < -0.39 is 10.0 Å². The van der Waals surface area contributed by atoms with E-state index >= 15 is 0 Å². The number of rotatable bonds is 3. The maximum Gasteiger partial charge on any atom is 0.238 e. The Labute approximate surface area is 176 Å². The summed E-state index contributed by atoms with van der Waals surface area (Å²) in [5.41, 5.74) is 6.41. The average Bonchev–Trinajstić information content (AvgIpc) is 3.36. The van der Waals surface area contributed by atoms with Gasteiger partial charge in [-0.15, -0.1) is 0 Å². The molecule has 152 valence electrons. The molecule has 2 N–H and O–H groups in total. The van der Waals surface area contributed by atoms with E-state index in [1.807, 2.05) is 18.2 Å². The topological polar surface area (TPSA) is 80.5 Å². The fourth-order valence-electron chi connectivity index (χ4n) is 4.59. The second kappa shape index (κ2) is 7.07. The quantitative estimate of drug-likeness (QED) is 0.709. The molecular formula is C24H22N2O3S. The van der Waals surface area contributed by atoms with Crippen LogP contribution < -0.4 is 10.0 Å². The minimum Gasteiger partial charge on any atom is -0.312 e. The molecule has 5 nitrogen and oxygen atoms in total. The minimum atomic E-state index is -3.81. The van der Waals surface area contributed by atoms with Gasteiger partial charge in [0.2, 0.25) is 15.9 Å². The molecule has 5 rings (SSSR count). The van der Waals surface area contributed by atoms with E-state index in [9.17, 15) is 13.2 Å². The lowest BCUT2D eigenvalue weighted by atomic mass is 10.0. The van der Waals surface area contributed by atoms with E-state index in [2.05, 4.69) is 30.3 Å². The van der Waals surface area contributed by atoms with Gasteiger partial charge in [0.1, 0.15) is 0 Å². The summed E-state index contributed by atoms with van der Waals surface area (Å²) in [6, 6.07) is 21.5. The monoisotopic (exact) mass is 418 g/mol. The van der Waals surface area contributed by atoms with Crippen LogP contribution >= 0.6 is 0 Å². The summed E-state index contributed by atoms with van der Waals surface area (Å²) in [7, 11) is -3.81. The molecule has 0 saturated carbocycles. The van der Waals surface area contributed by atoms with E-state index in [0.717, 1.165) is 17.5 Å². The van der Waals surface area contributed by atoms with Crippen molar-refractivity contribution in [2.75, 3.05) is 11.4 Å². The third kappa shape index (κ3) is 3.32. The number of hydrogen-bond acceptors (Lipinski definition) is 3. The van der Waals surface area contributed by atoms with Crippen molar-refractivity contribution >= 4 is 21.6 Å². The number of hydrogen-bond donors (Lipinski definition) is 1. The number of nitrogens with two attached hydrogens (primary N) is 1. The van der Waals surface area contributed by atoms with Crippen LogP contribution in [0.3, 0.4) is 0 Å². The zero-order chi connectivity index (χ0) is 20.9. The van der Waals surface area contributed by atoms with E-state index in [1.165, 1.54) is 28.8 Å². The van der Waals surface area contributed by atoms with Crippen molar-refractivity contribution < 1.29 is 13.2 Å². The molecule has 1 atom stereocenters. The summed E-state index contributed by atoms with van der Waals surface area (Å²) >= 11 is 0. The Kier molecular flexibility index (Phi) is 4.49. The zero-order valence-electron chi connectivity index (χ0n) is 16.4. The lowest BCUT2D eigenvalue weighted by Crippen LogP contribution is -2.35. The first-order valence-electron chi connectivity index (χ1n) is 10.0. The van der Waals surface area contributed by atoms with Crippen LogP contribution in [0.1, 0.15) is 16.7 Å². The number of fused-ring (bicyclic) bond motifs is 2. The number of sulfonamides is 1. The Bertz CT molecular complexity index is 1250. The summed E-state index contributed by atoms with van der Waals surface area (Å²) in [6.07, 6.45) is 2.14. The first kappa shape index (κ1) is 19.0. The van der Waals surface area contributed by atoms with E-state index in [4.69, 9.17) is 5.14 Å². The molecule has 3 aromatic carbocycles. The van der Waals surface area contributed by atoms with Crippen molar-refractivity contribution in [2.45, 2.75) is 24.2 Å². The fraction of sp³-hybridized carbons (Fsp3) is 0.208. The third-order valence-corrected chi connectivity index (χ3v) is 7.05. The van der Waals surface area contributed by atoms with Gasteiger partial charge in [-0.3, -0.25) is 4.79 Å². The number of carbonyl (C=O) groups excluding carboxylic acids is 1. The SMILES string of the molecule is NS(=O)(=O)c1ccc2c(c1)N(C(=O)C1Cc3ccc(-c4ccccc4)cc3C1)CC2. The first-order chi connectivity index (χ1) is 14.4. The van der Waals surface area contributed by atoms with Crippen LogP contribution in [0, 0.1) is 5.92 Å². The Morgan fingerprint density at radius 2 is 1.60 bits per heavy atom. The number of amides is 1. The van der Waals surface area contributed by atoms with Crippen molar-refractivity contribution in [3.63, 3.8) is 0 Å². The predicted molar refractivity (Wildman–Crippen MR) is 117 cm³/mol. The molecule has 0 bridgehead atoms. The molecule has 0 aromatic heterocycles. The largest absolute Gasteiger partial charge is 0.312 e. The van der Waals surface area contributed by atoms with Crippen LogP contribution in [-0.4, -0.2) is 20.9 Å². The van der Waals surface area contributed by atoms with Crippen molar-refractivity contribution in [2.24, 2.45) is 11.1 Å². The van der Waals surface area contributed by atoms with Crippen LogP contribution in [0.5, 0.6) is 0 Å². The number of carbonyl (C=O) groups is 1. The molecule has 3 aromatic rings. The van der Waals surface area contributed by atoms with Crippen molar-refractivity contribution in [3.05, 3.63) is 83.4 Å². The van der Waals surface area contributed by atoms with Gasteiger partial charge < -0.3 is 4.90 Å². The van der Waals surface area contributed by atoms with E-state index in [-0.39, 0.29) is 16.7 Å². The van der Waals surface area contributed by atoms with E-state index in [0.29, 0.717) is 25.1 Å². The molecule has 1 aliphatic carbocycles. The molecule has 2 aliphatic rings. The molecule has 0 fully saturated rings. The highest BCUT2D eigenvalue weighted by atomic mass is 32.2. The van der Waals surface area contributed by atoms with Gasteiger partial charge >= 0.3 is 0 Å². The van der Waals surface area contributed by atoms with Crippen molar-refractivity contribution in [3.8, 4) is 11.1 Å². The average molecular weight is 419 g/mol. The molecule has 0 saturated heterocycles. The van der Waals surface area contributed by atoms with E-state index in [1.54, 1.807) is 11.0 Å². The van der Waals surface area contributed by atoms with Gasteiger partial charge in [-0.2, -0.15) is 0 Å². The molecule has 1 unspecified atom stereocenters. The molecule has 1 amide bonds. The molecule has 0 spiro atoms. The van der Waals surface area contributed by atoms with Gasteiger partial charge in [0.15, 0.2) is 0 Å². The molecule has 0 radical (unpaired) electrons. The lowest BCUT2D eigenvalue weighted by Gasteiger charge is -2.21. The molecular weight excluding hydrogens is 396 g/mol. The van der Waals surface area contributed by atoms with Crippen LogP contribution in [0.15, 0.2) is 71.6 Å². The summed E-state index contributed by atoms with van der Waals surface area (Å²) in [5, 5.41) is 5.28. The third-order valence-electron chi connectivity index (χ3n) is 6.14. The van der Waals surface area contributed by atoms with Gasteiger partial charge in [0, 0.05) is 18.2 Å². The summed E-state index contributed by atoms with van der Waals surface area (Å²) in [6.45, 7) is 0.574. The lowest BCUT2D eigenvalue weighted by molar-refractivity contribution is -0.122. The van der Waals surface area contributed by atoms with Gasteiger partial charge in [-0.25, -0.2) is 13.6 Å². The van der Waals surface area contributed by atoms with Crippen LogP contribution in [0.4, 0.5) is 5.69 Å². The number of anilines is 1. The highest BCUT2D eigenvalue weighted by Gasteiger charge is 2.34. The van der Waals surface area contributed by atoms with Gasteiger partial charge in [0.25, 0.3) is 0 Å². The summed E-state index contributed by atoms with van der Waals surface area (Å²) in [5.74, 6) is -0.0760. The van der Waals surface area contributed by atoms with Crippen LogP contribution in [0.2, 0.25) is 0 Å². The highest BCUT2D eigenvalue weighted by molar-refractivity contribution is 7.89. The molecule has 1 aliphatic heterocycles. The maximum absolute atomic E-state index is 13.3.